The average Bonchev–Trinajstić information content (AvgIpc) is 2.24. The van der Waals surface area contributed by atoms with Crippen LogP contribution in [0.3, 0.4) is 0 Å². The van der Waals surface area contributed by atoms with Crippen LogP contribution in [0.4, 0.5) is 0 Å². The van der Waals surface area contributed by atoms with Crippen LogP contribution in [0.5, 0.6) is 0 Å². The molecule has 0 aromatic rings. The molecule has 0 heterocycles. The number of halogens is 2. The minimum atomic E-state index is -1.79. The summed E-state index contributed by atoms with van der Waals surface area (Å²) < 4.78 is 0. The number of aldehydes is 1. The van der Waals surface area contributed by atoms with Gasteiger partial charge in [-0.15, -0.1) is 24.8 Å². The fraction of sp³-hybridized carbons (Fsp3) is 0.750. The van der Waals surface area contributed by atoms with E-state index in [0.29, 0.717) is 0 Å². The summed E-state index contributed by atoms with van der Waals surface area (Å²) in [6.07, 6.45) is -6.84. The van der Waals surface area contributed by atoms with E-state index in [1.54, 1.807) is 0 Å². The zero-order chi connectivity index (χ0) is 13.3. The number of carbonyl (C=O) groups is 2. The van der Waals surface area contributed by atoms with Crippen molar-refractivity contribution in [2.75, 3.05) is 6.61 Å². The smallest absolute Gasteiger partial charge is 1.00 e. The van der Waals surface area contributed by atoms with Crippen LogP contribution >= 0.6 is 24.8 Å². The Balaban J connectivity index is -0.0000000110. The molecule has 0 aliphatic rings. The molecule has 6 N–H and O–H groups in total. The molecule has 0 fully saturated rings. The van der Waals surface area contributed by atoms with Crippen molar-refractivity contribution in [3.05, 3.63) is 0 Å². The molecule has 0 rings (SSSR count). The molecule has 0 amide bonds. The maximum atomic E-state index is 9.90. The van der Waals surface area contributed by atoms with E-state index < -0.39 is 37.0 Å². The fourth-order valence-corrected chi connectivity index (χ4v) is 0.618. The van der Waals surface area contributed by atoms with Crippen LogP contribution < -0.4 is 110 Å². The molecule has 0 aromatic heterocycles. The molecule has 0 spiro atoms. The van der Waals surface area contributed by atoms with Crippen LogP contribution in [-0.2, 0) is 9.59 Å². The van der Waals surface area contributed by atoms with E-state index in [9.17, 15) is 4.79 Å². The van der Waals surface area contributed by atoms with E-state index in [0.717, 1.165) is 6.92 Å². The van der Waals surface area contributed by atoms with Crippen molar-refractivity contribution in [3.63, 3.8) is 0 Å². The van der Waals surface area contributed by atoms with Crippen molar-refractivity contribution in [1.82, 2.24) is 0 Å². The summed E-state index contributed by atoms with van der Waals surface area (Å²) in [6.45, 7) is 0.323. The van der Waals surface area contributed by atoms with Gasteiger partial charge < -0.3 is 42.6 Å². The number of carboxylic acid groups (broad SMARTS) is 1. The standard InChI is InChI=1S/C6H12O6.C2H4O2.Ca.2ClH.K.2Na.5H/c7-1-3(9)5(11)6(12)4(10)2-8;1-2(3)4;;;;;;;;;;;/h1,3-6,8-12H,2H2;1H3,(H,3,4);;2*1H;;;;;;;;/q;;+2;;;3*+1;5*-1. The van der Waals surface area contributed by atoms with Crippen molar-refractivity contribution in [3.8, 4) is 0 Å². The molecular weight excluding hydrogens is 420 g/mol. The van der Waals surface area contributed by atoms with E-state index in [4.69, 9.17) is 35.4 Å². The average molecular weight is 443 g/mol. The van der Waals surface area contributed by atoms with Crippen LogP contribution in [0, 0.1) is 0 Å². The molecule has 0 aliphatic carbocycles. The van der Waals surface area contributed by atoms with Gasteiger partial charge in [-0.25, -0.2) is 0 Å². The number of hydrogen-bond donors (Lipinski definition) is 6. The third-order valence-electron chi connectivity index (χ3n) is 1.42. The second-order valence-electron chi connectivity index (χ2n) is 2.88. The molecule has 122 valence electrons. The van der Waals surface area contributed by atoms with Gasteiger partial charge in [-0.3, -0.25) is 4.79 Å². The fourth-order valence-electron chi connectivity index (χ4n) is 0.618. The van der Waals surface area contributed by atoms with Gasteiger partial charge >= 0.3 is 148 Å². The zero-order valence-corrected chi connectivity index (χ0v) is 24.1. The van der Waals surface area contributed by atoms with Gasteiger partial charge in [0, 0.05) is 6.92 Å². The molecule has 4 unspecified atom stereocenters. The van der Waals surface area contributed by atoms with Crippen LogP contribution in [-0.4, -0.2) is 112 Å². The molecule has 14 heteroatoms. The molecule has 0 aliphatic heterocycles. The summed E-state index contributed by atoms with van der Waals surface area (Å²) in [5, 5.41) is 51.0. The number of carboxylic acids is 1. The van der Waals surface area contributed by atoms with E-state index in [1.165, 1.54) is 0 Å². The van der Waals surface area contributed by atoms with E-state index >= 15 is 0 Å². The van der Waals surface area contributed by atoms with Gasteiger partial charge in [-0.05, 0) is 0 Å². The SMILES string of the molecule is CC(=O)O.Cl.Cl.O=CC(O)C(O)C(O)C(O)CO.[Ca+2].[H-].[H-].[H-].[H-].[H-].[K+].[Na+].[Na+]. The Bertz CT molecular complexity index is 251. The maximum Gasteiger partial charge on any atom is 2.00 e. The molecule has 0 aromatic carbocycles. The van der Waals surface area contributed by atoms with Crippen molar-refractivity contribution < 1.29 is 158 Å². The number of carbonyl (C=O) groups excluding carboxylic acids is 1. The number of aliphatic hydroxyl groups excluding tert-OH is 5. The van der Waals surface area contributed by atoms with Crippen LogP contribution in [0.1, 0.15) is 14.1 Å². The van der Waals surface area contributed by atoms with Gasteiger partial charge in [0.1, 0.15) is 24.4 Å². The third-order valence-corrected chi connectivity index (χ3v) is 1.42. The third kappa shape index (κ3) is 32.1. The summed E-state index contributed by atoms with van der Waals surface area (Å²) >= 11 is 0. The molecule has 4 atom stereocenters. The molecule has 8 nitrogen and oxygen atoms in total. The second kappa shape index (κ2) is 33.0. The molecule has 0 radical (unpaired) electrons. The first kappa shape index (κ1) is 50.3. The first-order valence-electron chi connectivity index (χ1n) is 4.25. The normalized spacial score (nSPS) is 12.6. The number of aliphatic carboxylic acids is 1. The number of aliphatic hydroxyl groups is 5. The van der Waals surface area contributed by atoms with Gasteiger partial charge in [0.2, 0.25) is 0 Å². The van der Waals surface area contributed by atoms with Crippen molar-refractivity contribution in [1.29, 1.82) is 0 Å². The first-order chi connectivity index (χ1) is 7.27. The summed E-state index contributed by atoms with van der Waals surface area (Å²) in [5.74, 6) is -0.833. The number of rotatable bonds is 5. The monoisotopic (exact) mass is 442 g/mol. The molecule has 0 saturated heterocycles. The van der Waals surface area contributed by atoms with Gasteiger partial charge in [-0.1, -0.05) is 0 Å². The van der Waals surface area contributed by atoms with Crippen LogP contribution in [0.2, 0.25) is 0 Å². The Morgan fingerprint density at radius 2 is 1.36 bits per heavy atom. The summed E-state index contributed by atoms with van der Waals surface area (Å²) in [7, 11) is 0. The maximum absolute atomic E-state index is 9.90. The van der Waals surface area contributed by atoms with Crippen molar-refractivity contribution >= 4 is 74.8 Å². The van der Waals surface area contributed by atoms with Gasteiger partial charge in [-0.2, -0.15) is 0 Å². The molecule has 0 bridgehead atoms. The van der Waals surface area contributed by atoms with Crippen molar-refractivity contribution in [2.24, 2.45) is 0 Å². The van der Waals surface area contributed by atoms with Gasteiger partial charge in [0.15, 0.2) is 6.29 Å². The molecule has 22 heavy (non-hydrogen) atoms. The summed E-state index contributed by atoms with van der Waals surface area (Å²) in [6, 6.07) is 0. The largest absolute Gasteiger partial charge is 2.00 e. The predicted molar refractivity (Wildman–Crippen MR) is 76.3 cm³/mol. The summed E-state index contributed by atoms with van der Waals surface area (Å²) in [5.41, 5.74) is 0. The van der Waals surface area contributed by atoms with Crippen molar-refractivity contribution in [2.45, 2.75) is 31.3 Å². The van der Waals surface area contributed by atoms with Gasteiger partial charge in [0.25, 0.3) is 5.97 Å². The minimum absolute atomic E-state index is 0. The second-order valence-corrected chi connectivity index (χ2v) is 2.88. The van der Waals surface area contributed by atoms with E-state index in [-0.39, 0.29) is 186 Å². The topological polar surface area (TPSA) is 156 Å². The first-order valence-corrected chi connectivity index (χ1v) is 4.25. The zero-order valence-electron chi connectivity index (χ0n) is 18.1. The predicted octanol–water partition coefficient (Wildman–Crippen LogP) is -11.3. The minimum Gasteiger partial charge on any atom is -1.00 e. The Labute approximate surface area is 265 Å². The van der Waals surface area contributed by atoms with E-state index in [1.807, 2.05) is 0 Å². The Morgan fingerprint density at radius 3 is 1.55 bits per heavy atom. The van der Waals surface area contributed by atoms with E-state index in [2.05, 4.69) is 0 Å². The van der Waals surface area contributed by atoms with Gasteiger partial charge in [0.05, 0.1) is 6.61 Å². The Hall–Kier alpha value is 4.42. The Kier molecular flexibility index (Phi) is 75.6. The Morgan fingerprint density at radius 1 is 1.09 bits per heavy atom. The summed E-state index contributed by atoms with van der Waals surface area (Å²) in [4.78, 5) is 18.9. The number of hydrogen-bond acceptors (Lipinski definition) is 7. The quantitative estimate of drug-likeness (QED) is 0.181. The van der Waals surface area contributed by atoms with Crippen LogP contribution in [0.25, 0.3) is 0 Å². The molecular formula is C8H23CaCl2KNa2O8. The molecule has 0 saturated carbocycles. The van der Waals surface area contributed by atoms with Crippen LogP contribution in [0.15, 0.2) is 0 Å².